The lowest BCUT2D eigenvalue weighted by Crippen LogP contribution is -2.37. The van der Waals surface area contributed by atoms with Crippen LogP contribution in [0.2, 0.25) is 0 Å². The van der Waals surface area contributed by atoms with Crippen LogP contribution in [0.1, 0.15) is 49.0 Å². The van der Waals surface area contributed by atoms with Gasteiger partial charge < -0.3 is 14.6 Å². The molecule has 9 heteroatoms. The van der Waals surface area contributed by atoms with E-state index in [0.717, 1.165) is 48.1 Å². The van der Waals surface area contributed by atoms with Gasteiger partial charge in [0.05, 0.1) is 17.4 Å². The molecule has 0 aromatic carbocycles. The molecule has 4 aromatic heterocycles. The first-order valence-corrected chi connectivity index (χ1v) is 11.2. The maximum atomic E-state index is 12.8. The zero-order valence-electron chi connectivity index (χ0n) is 19.0. The van der Waals surface area contributed by atoms with Crippen LogP contribution in [0, 0.1) is 0 Å². The van der Waals surface area contributed by atoms with E-state index in [1.807, 2.05) is 25.4 Å². The summed E-state index contributed by atoms with van der Waals surface area (Å²) in [4.78, 5) is 28.7. The lowest BCUT2D eigenvalue weighted by Gasteiger charge is -2.33. The molecule has 0 saturated carbocycles. The molecule has 1 aliphatic heterocycles. The van der Waals surface area contributed by atoms with Crippen LogP contribution in [0.5, 0.6) is 0 Å². The highest BCUT2D eigenvalue weighted by Gasteiger charge is 2.26. The molecule has 4 aromatic rings. The quantitative estimate of drug-likeness (QED) is 0.498. The first kappa shape index (κ1) is 21.3. The van der Waals surface area contributed by atoms with Gasteiger partial charge in [0, 0.05) is 48.4 Å². The molecule has 1 fully saturated rings. The number of rotatable bonds is 5. The van der Waals surface area contributed by atoms with Gasteiger partial charge in [-0.2, -0.15) is 5.10 Å². The van der Waals surface area contributed by atoms with Crippen molar-refractivity contribution in [2.24, 2.45) is 7.05 Å². The molecular weight excluding hydrogens is 418 g/mol. The Morgan fingerprint density at radius 1 is 1.18 bits per heavy atom. The minimum atomic E-state index is -0.347. The van der Waals surface area contributed by atoms with Gasteiger partial charge in [-0.05, 0) is 51.9 Å². The Bertz CT molecular complexity index is 1280. The lowest BCUT2D eigenvalue weighted by molar-refractivity contribution is 0.102. The number of hydrogen-bond donors (Lipinski definition) is 1. The first-order valence-electron chi connectivity index (χ1n) is 11.2. The van der Waals surface area contributed by atoms with Gasteiger partial charge in [0.2, 0.25) is 0 Å². The number of aryl methyl sites for hydroxylation is 1. The van der Waals surface area contributed by atoms with Crippen LogP contribution < -0.4 is 5.32 Å². The van der Waals surface area contributed by atoms with E-state index < -0.39 is 0 Å². The number of likely N-dealkylation sites (tertiary alicyclic amines) is 1. The molecule has 0 atom stereocenters. The fourth-order valence-corrected chi connectivity index (χ4v) is 4.22. The highest BCUT2D eigenvalue weighted by molar-refractivity contribution is 6.02. The van der Waals surface area contributed by atoms with Gasteiger partial charge in [-0.3, -0.25) is 9.48 Å². The molecule has 1 N–H and O–H groups in total. The number of fused-ring (bicyclic) bond motifs is 1. The van der Waals surface area contributed by atoms with Crippen molar-refractivity contribution >= 4 is 22.6 Å². The Kier molecular flexibility index (Phi) is 5.63. The molecule has 33 heavy (non-hydrogen) atoms. The van der Waals surface area contributed by atoms with Crippen molar-refractivity contribution in [3.05, 3.63) is 54.6 Å². The standard InChI is InChI=1S/C24H27N7O2/c1-15(2)31-8-6-16(7-9-31)24-28-21(14-33-24)23(32)29-22-10-20-17(11-25-22)4-5-19(27-20)18-12-26-30(3)13-18/h4-5,10-16H,6-9H2,1-3H3,(H,25,29,32). The highest BCUT2D eigenvalue weighted by atomic mass is 16.3. The highest BCUT2D eigenvalue weighted by Crippen LogP contribution is 2.28. The predicted octanol–water partition coefficient (Wildman–Crippen LogP) is 3.86. The predicted molar refractivity (Wildman–Crippen MR) is 125 cm³/mol. The SMILES string of the molecule is CC(C)N1CCC(c2nc(C(=O)Nc3cc4nc(-c5cnn(C)c5)ccc4cn3)co2)CC1. The van der Waals surface area contributed by atoms with E-state index >= 15 is 0 Å². The van der Waals surface area contributed by atoms with Crippen LogP contribution in [-0.2, 0) is 7.05 Å². The number of amides is 1. The van der Waals surface area contributed by atoms with Crippen molar-refractivity contribution in [1.29, 1.82) is 0 Å². The van der Waals surface area contributed by atoms with E-state index in [-0.39, 0.29) is 17.5 Å². The average molecular weight is 446 g/mol. The van der Waals surface area contributed by atoms with Gasteiger partial charge in [0.25, 0.3) is 5.91 Å². The zero-order valence-corrected chi connectivity index (χ0v) is 19.0. The third-order valence-electron chi connectivity index (χ3n) is 6.18. The van der Waals surface area contributed by atoms with E-state index in [0.29, 0.717) is 17.8 Å². The Morgan fingerprint density at radius 3 is 2.73 bits per heavy atom. The van der Waals surface area contributed by atoms with Crippen molar-refractivity contribution in [3.8, 4) is 11.3 Å². The number of carbonyl (C=O) groups excluding carboxylic acids is 1. The van der Waals surface area contributed by atoms with Gasteiger partial charge in [-0.1, -0.05) is 0 Å². The number of hydrogen-bond acceptors (Lipinski definition) is 7. The monoisotopic (exact) mass is 445 g/mol. The van der Waals surface area contributed by atoms with E-state index in [4.69, 9.17) is 9.40 Å². The van der Waals surface area contributed by atoms with Crippen molar-refractivity contribution in [1.82, 2.24) is 29.6 Å². The second kappa shape index (κ2) is 8.74. The Labute approximate surface area is 191 Å². The minimum absolute atomic E-state index is 0.246. The molecule has 1 aliphatic rings. The van der Waals surface area contributed by atoms with Gasteiger partial charge in [-0.25, -0.2) is 15.0 Å². The molecule has 1 saturated heterocycles. The van der Waals surface area contributed by atoms with Gasteiger partial charge in [0.1, 0.15) is 12.1 Å². The van der Waals surface area contributed by atoms with E-state index in [1.54, 1.807) is 23.1 Å². The summed E-state index contributed by atoms with van der Waals surface area (Å²) < 4.78 is 7.40. The first-order chi connectivity index (χ1) is 16.0. The van der Waals surface area contributed by atoms with Crippen molar-refractivity contribution < 1.29 is 9.21 Å². The molecule has 0 radical (unpaired) electrons. The van der Waals surface area contributed by atoms with Crippen LogP contribution in [0.3, 0.4) is 0 Å². The smallest absolute Gasteiger partial charge is 0.278 e. The minimum Gasteiger partial charge on any atom is -0.448 e. The number of nitrogens with zero attached hydrogens (tertiary/aromatic N) is 6. The fraction of sp³-hybridized carbons (Fsp3) is 0.375. The second-order valence-electron chi connectivity index (χ2n) is 8.79. The van der Waals surface area contributed by atoms with Crippen LogP contribution in [0.15, 0.2) is 47.5 Å². The maximum Gasteiger partial charge on any atom is 0.278 e. The fourth-order valence-electron chi connectivity index (χ4n) is 4.22. The van der Waals surface area contributed by atoms with Gasteiger partial charge in [0.15, 0.2) is 11.6 Å². The van der Waals surface area contributed by atoms with Crippen LogP contribution >= 0.6 is 0 Å². The second-order valence-corrected chi connectivity index (χ2v) is 8.79. The molecule has 170 valence electrons. The molecule has 0 aliphatic carbocycles. The normalized spacial score (nSPS) is 15.4. The summed E-state index contributed by atoms with van der Waals surface area (Å²) in [5.41, 5.74) is 2.73. The molecule has 0 bridgehead atoms. The molecule has 0 spiro atoms. The Morgan fingerprint density at radius 2 is 2.00 bits per heavy atom. The van der Waals surface area contributed by atoms with Crippen molar-refractivity contribution in [2.75, 3.05) is 18.4 Å². The largest absolute Gasteiger partial charge is 0.448 e. The zero-order chi connectivity index (χ0) is 22.9. The van der Waals surface area contributed by atoms with Crippen LogP contribution in [-0.4, -0.2) is 54.7 Å². The number of aromatic nitrogens is 5. The van der Waals surface area contributed by atoms with Crippen molar-refractivity contribution in [2.45, 2.75) is 38.6 Å². The van der Waals surface area contributed by atoms with Crippen LogP contribution in [0.4, 0.5) is 5.82 Å². The van der Waals surface area contributed by atoms with E-state index in [1.165, 1.54) is 6.26 Å². The number of nitrogens with one attached hydrogen (secondary N) is 1. The summed E-state index contributed by atoms with van der Waals surface area (Å²) in [7, 11) is 1.87. The van der Waals surface area contributed by atoms with Crippen molar-refractivity contribution in [3.63, 3.8) is 0 Å². The third-order valence-corrected chi connectivity index (χ3v) is 6.18. The number of piperidine rings is 1. The summed E-state index contributed by atoms with van der Waals surface area (Å²) in [6, 6.07) is 6.19. The summed E-state index contributed by atoms with van der Waals surface area (Å²) in [6.07, 6.45) is 8.77. The lowest BCUT2D eigenvalue weighted by atomic mass is 9.96. The maximum absolute atomic E-state index is 12.8. The van der Waals surface area contributed by atoms with Crippen LogP contribution in [0.25, 0.3) is 22.2 Å². The van der Waals surface area contributed by atoms with E-state index in [9.17, 15) is 4.79 Å². The van der Waals surface area contributed by atoms with Gasteiger partial charge >= 0.3 is 0 Å². The summed E-state index contributed by atoms with van der Waals surface area (Å²) in [5.74, 6) is 0.950. The molecule has 5 rings (SSSR count). The summed E-state index contributed by atoms with van der Waals surface area (Å²) in [5, 5.41) is 7.90. The number of oxazole rings is 1. The Hall–Kier alpha value is -3.59. The number of anilines is 1. The topological polar surface area (TPSA) is 102 Å². The average Bonchev–Trinajstić information content (AvgIpc) is 3.48. The summed E-state index contributed by atoms with van der Waals surface area (Å²) >= 11 is 0. The molecule has 9 nitrogen and oxygen atoms in total. The Balaban J connectivity index is 1.29. The summed E-state index contributed by atoms with van der Waals surface area (Å²) in [6.45, 7) is 6.45. The van der Waals surface area contributed by atoms with E-state index in [2.05, 4.69) is 39.1 Å². The third kappa shape index (κ3) is 4.49. The molecular formula is C24H27N7O2. The molecule has 0 unspecified atom stereocenters. The van der Waals surface area contributed by atoms with Gasteiger partial charge in [-0.15, -0.1) is 0 Å². The number of pyridine rings is 2. The molecule has 1 amide bonds. The molecule has 5 heterocycles. The number of carbonyl (C=O) groups is 1.